The molecule has 1 unspecified atom stereocenters. The highest BCUT2D eigenvalue weighted by Gasteiger charge is 2.28. The number of rotatable bonds is 5. The predicted molar refractivity (Wildman–Crippen MR) is 120 cm³/mol. The number of nitrogens with one attached hydrogen (secondary N) is 1. The molecule has 0 bridgehead atoms. The second-order valence-electron chi connectivity index (χ2n) is 8.14. The molecule has 3 aromatic rings. The Morgan fingerprint density at radius 3 is 2.72 bits per heavy atom. The summed E-state index contributed by atoms with van der Waals surface area (Å²) in [5, 5.41) is 4.60. The van der Waals surface area contributed by atoms with Crippen LogP contribution in [0.15, 0.2) is 34.7 Å². The van der Waals surface area contributed by atoms with Crippen molar-refractivity contribution in [2.24, 2.45) is 5.92 Å². The van der Waals surface area contributed by atoms with Gasteiger partial charge in [-0.2, -0.15) is 0 Å². The fraction of sp³-hybridized carbons (Fsp3) is 0.435. The Morgan fingerprint density at radius 2 is 2.03 bits per heavy atom. The number of aryl methyl sites for hydroxylation is 2. The molecule has 1 atom stereocenters. The summed E-state index contributed by atoms with van der Waals surface area (Å²) in [6, 6.07) is 10.1. The molecule has 4 nitrogen and oxygen atoms in total. The van der Waals surface area contributed by atoms with Gasteiger partial charge < -0.3 is 9.73 Å². The molecule has 1 aromatic carbocycles. The van der Waals surface area contributed by atoms with Crippen LogP contribution >= 0.6 is 22.9 Å². The highest BCUT2D eigenvalue weighted by Crippen LogP contribution is 2.36. The van der Waals surface area contributed by atoms with Crippen molar-refractivity contribution in [2.75, 3.05) is 19.6 Å². The van der Waals surface area contributed by atoms with Gasteiger partial charge in [-0.3, -0.25) is 9.69 Å². The SMILES string of the molecule is Cc1ccc2c(Cl)c(C(=O)NCC(c3ccc(C)o3)N3CCC(C)CC3)sc2c1. The van der Waals surface area contributed by atoms with Crippen molar-refractivity contribution in [3.63, 3.8) is 0 Å². The van der Waals surface area contributed by atoms with E-state index in [-0.39, 0.29) is 11.9 Å². The third-order valence-electron chi connectivity index (χ3n) is 5.80. The second kappa shape index (κ2) is 8.50. The summed E-state index contributed by atoms with van der Waals surface area (Å²) >= 11 is 7.98. The maximum Gasteiger partial charge on any atom is 0.263 e. The molecule has 1 saturated heterocycles. The lowest BCUT2D eigenvalue weighted by Crippen LogP contribution is -2.41. The number of hydrogen-bond acceptors (Lipinski definition) is 4. The summed E-state index contributed by atoms with van der Waals surface area (Å²) in [4.78, 5) is 16.0. The smallest absolute Gasteiger partial charge is 0.263 e. The van der Waals surface area contributed by atoms with Crippen LogP contribution in [-0.4, -0.2) is 30.4 Å². The van der Waals surface area contributed by atoms with E-state index in [2.05, 4.69) is 23.2 Å². The van der Waals surface area contributed by atoms with Crippen LogP contribution in [0.4, 0.5) is 0 Å². The van der Waals surface area contributed by atoms with E-state index < -0.39 is 0 Å². The van der Waals surface area contributed by atoms with Gasteiger partial charge in [0.05, 0.1) is 11.1 Å². The number of carbonyl (C=O) groups is 1. The number of amides is 1. The molecule has 1 amide bonds. The van der Waals surface area contributed by atoms with Crippen LogP contribution in [0.3, 0.4) is 0 Å². The minimum absolute atomic E-state index is 0.0375. The van der Waals surface area contributed by atoms with Crippen LogP contribution < -0.4 is 5.32 Å². The van der Waals surface area contributed by atoms with Crippen molar-refractivity contribution in [3.05, 3.63) is 57.3 Å². The largest absolute Gasteiger partial charge is 0.465 e. The Kier molecular flexibility index (Phi) is 6.00. The highest BCUT2D eigenvalue weighted by molar-refractivity contribution is 7.21. The van der Waals surface area contributed by atoms with E-state index in [9.17, 15) is 4.79 Å². The number of hydrogen-bond donors (Lipinski definition) is 1. The van der Waals surface area contributed by atoms with Gasteiger partial charge in [0.1, 0.15) is 16.4 Å². The summed E-state index contributed by atoms with van der Waals surface area (Å²) in [6.07, 6.45) is 2.34. The van der Waals surface area contributed by atoms with E-state index in [1.807, 2.05) is 38.1 Å². The molecule has 2 aromatic heterocycles. The van der Waals surface area contributed by atoms with Crippen molar-refractivity contribution < 1.29 is 9.21 Å². The zero-order valence-corrected chi connectivity index (χ0v) is 18.7. The molecule has 4 rings (SSSR count). The molecule has 1 aliphatic rings. The van der Waals surface area contributed by atoms with Crippen molar-refractivity contribution in [3.8, 4) is 0 Å². The third-order valence-corrected chi connectivity index (χ3v) is 7.45. The van der Waals surface area contributed by atoms with Gasteiger partial charge in [-0.05, 0) is 69.5 Å². The minimum Gasteiger partial charge on any atom is -0.465 e. The fourth-order valence-corrected chi connectivity index (χ4v) is 5.50. The standard InChI is InChI=1S/C23H27ClN2O2S/c1-14-8-10-26(11-9-14)18(19-7-5-16(3)28-19)13-25-23(27)22-21(24)17-6-4-15(2)12-20(17)29-22/h4-7,12,14,18H,8-11,13H2,1-3H3,(H,25,27). The first-order valence-corrected chi connectivity index (χ1v) is 11.4. The Labute approximate surface area is 180 Å². The zero-order chi connectivity index (χ0) is 20.5. The lowest BCUT2D eigenvalue weighted by atomic mass is 9.97. The van der Waals surface area contributed by atoms with E-state index >= 15 is 0 Å². The monoisotopic (exact) mass is 430 g/mol. The van der Waals surface area contributed by atoms with Gasteiger partial charge in [0.2, 0.25) is 0 Å². The zero-order valence-electron chi connectivity index (χ0n) is 17.1. The molecule has 1 aliphatic heterocycles. The summed E-state index contributed by atoms with van der Waals surface area (Å²) in [6.45, 7) is 8.84. The molecule has 1 N–H and O–H groups in total. The average molecular weight is 431 g/mol. The molecule has 154 valence electrons. The molecule has 3 heterocycles. The molecule has 0 radical (unpaired) electrons. The van der Waals surface area contributed by atoms with Gasteiger partial charge >= 0.3 is 0 Å². The van der Waals surface area contributed by atoms with Crippen molar-refractivity contribution in [2.45, 2.75) is 39.7 Å². The Bertz CT molecular complexity index is 1020. The lowest BCUT2D eigenvalue weighted by molar-refractivity contribution is 0.0898. The Balaban J connectivity index is 1.52. The number of furan rings is 1. The second-order valence-corrected chi connectivity index (χ2v) is 9.57. The lowest BCUT2D eigenvalue weighted by Gasteiger charge is -2.35. The number of benzene rings is 1. The maximum absolute atomic E-state index is 13.0. The first-order chi connectivity index (χ1) is 13.9. The average Bonchev–Trinajstić information content (AvgIpc) is 3.26. The fourth-order valence-electron chi connectivity index (χ4n) is 3.97. The Morgan fingerprint density at radius 1 is 1.28 bits per heavy atom. The van der Waals surface area contributed by atoms with E-state index in [4.69, 9.17) is 16.0 Å². The number of halogens is 1. The normalized spacial score (nSPS) is 17.0. The number of nitrogens with zero attached hydrogens (tertiary/aromatic N) is 1. The molecule has 0 aliphatic carbocycles. The van der Waals surface area contributed by atoms with Gasteiger partial charge in [-0.1, -0.05) is 30.7 Å². The maximum atomic E-state index is 13.0. The topological polar surface area (TPSA) is 45.5 Å². The van der Waals surface area contributed by atoms with E-state index in [1.54, 1.807) is 0 Å². The van der Waals surface area contributed by atoms with E-state index in [0.29, 0.717) is 16.4 Å². The van der Waals surface area contributed by atoms with Gasteiger partial charge in [0.25, 0.3) is 5.91 Å². The van der Waals surface area contributed by atoms with Crippen LogP contribution in [-0.2, 0) is 0 Å². The molecule has 0 spiro atoms. The summed E-state index contributed by atoms with van der Waals surface area (Å²) < 4.78 is 6.98. The molecular formula is C23H27ClN2O2S. The van der Waals surface area contributed by atoms with Gasteiger partial charge in [0.15, 0.2) is 0 Å². The number of carbonyl (C=O) groups excluding carboxylic acids is 1. The van der Waals surface area contributed by atoms with Gasteiger partial charge in [-0.25, -0.2) is 0 Å². The van der Waals surface area contributed by atoms with Crippen LogP contribution in [0.5, 0.6) is 0 Å². The number of likely N-dealkylation sites (tertiary alicyclic amines) is 1. The highest BCUT2D eigenvalue weighted by atomic mass is 35.5. The Hall–Kier alpha value is -1.82. The number of thiophene rings is 1. The molecule has 29 heavy (non-hydrogen) atoms. The van der Waals surface area contributed by atoms with E-state index in [0.717, 1.165) is 46.2 Å². The molecular weight excluding hydrogens is 404 g/mol. The van der Waals surface area contributed by atoms with Crippen molar-refractivity contribution >= 4 is 38.9 Å². The van der Waals surface area contributed by atoms with Crippen molar-refractivity contribution in [1.29, 1.82) is 0 Å². The van der Waals surface area contributed by atoms with Gasteiger partial charge in [0, 0.05) is 16.6 Å². The minimum atomic E-state index is -0.118. The van der Waals surface area contributed by atoms with E-state index in [1.165, 1.54) is 24.2 Å². The third kappa shape index (κ3) is 4.37. The summed E-state index contributed by atoms with van der Waals surface area (Å²) in [7, 11) is 0. The van der Waals surface area contributed by atoms with Crippen LogP contribution in [0, 0.1) is 19.8 Å². The molecule has 0 saturated carbocycles. The quantitative estimate of drug-likeness (QED) is 0.542. The first-order valence-electron chi connectivity index (χ1n) is 10.2. The predicted octanol–water partition coefficient (Wildman–Crippen LogP) is 5.97. The van der Waals surface area contributed by atoms with Crippen LogP contribution in [0.1, 0.15) is 52.6 Å². The van der Waals surface area contributed by atoms with Crippen LogP contribution in [0.2, 0.25) is 5.02 Å². The molecule has 6 heteroatoms. The van der Waals surface area contributed by atoms with Gasteiger partial charge in [-0.15, -0.1) is 11.3 Å². The first kappa shape index (κ1) is 20.5. The summed E-state index contributed by atoms with van der Waals surface area (Å²) in [5.74, 6) is 2.44. The van der Waals surface area contributed by atoms with Crippen molar-refractivity contribution in [1.82, 2.24) is 10.2 Å². The molecule has 1 fully saturated rings. The summed E-state index contributed by atoms with van der Waals surface area (Å²) in [5.41, 5.74) is 1.16. The van der Waals surface area contributed by atoms with Crippen LogP contribution in [0.25, 0.3) is 10.1 Å². The number of fused-ring (bicyclic) bond motifs is 1. The number of piperidine rings is 1.